The van der Waals surface area contributed by atoms with Crippen LogP contribution < -0.4 is 0 Å². The van der Waals surface area contributed by atoms with E-state index in [1.807, 2.05) is 0 Å². The Morgan fingerprint density at radius 2 is 0.962 bits per heavy atom. The third kappa shape index (κ3) is 15.5. The molecule has 0 atom stereocenters. The molecule has 0 aromatic carbocycles. The third-order valence-corrected chi connectivity index (χ3v) is 5.49. The van der Waals surface area contributed by atoms with Gasteiger partial charge in [-0.2, -0.15) is 0 Å². The Hall–Kier alpha value is -0.790. The maximum absolute atomic E-state index is 11.1. The molecule has 0 aliphatic heterocycles. The van der Waals surface area contributed by atoms with Gasteiger partial charge in [-0.25, -0.2) is 4.79 Å². The number of unbranched alkanes of at least 4 members (excludes halogenated alkanes) is 14. The molecule has 154 valence electrons. The number of carboxylic acid groups (broad SMARTS) is 1. The number of hydrogen-bond donors (Lipinski definition) is 1. The maximum atomic E-state index is 11.1. The highest BCUT2D eigenvalue weighted by Gasteiger charge is 2.08. The van der Waals surface area contributed by atoms with E-state index in [9.17, 15) is 4.79 Å². The SMILES string of the molecule is CCCCCCCCCCCCCCCCC/C(CCC)=C(/C)C(=O)O. The summed E-state index contributed by atoms with van der Waals surface area (Å²) < 4.78 is 0. The van der Waals surface area contributed by atoms with Crippen LogP contribution in [0.2, 0.25) is 0 Å². The lowest BCUT2D eigenvalue weighted by Crippen LogP contribution is -2.01. The first-order valence-corrected chi connectivity index (χ1v) is 11.5. The molecule has 0 saturated carbocycles. The smallest absolute Gasteiger partial charge is 0.331 e. The molecule has 26 heavy (non-hydrogen) atoms. The van der Waals surface area contributed by atoms with E-state index >= 15 is 0 Å². The van der Waals surface area contributed by atoms with Crippen molar-refractivity contribution >= 4 is 5.97 Å². The van der Waals surface area contributed by atoms with Gasteiger partial charge in [-0.05, 0) is 26.2 Å². The lowest BCUT2D eigenvalue weighted by molar-refractivity contribution is -0.132. The van der Waals surface area contributed by atoms with Crippen LogP contribution in [0.15, 0.2) is 11.1 Å². The van der Waals surface area contributed by atoms with Crippen molar-refractivity contribution in [2.45, 2.75) is 136 Å². The van der Waals surface area contributed by atoms with Crippen molar-refractivity contribution in [2.75, 3.05) is 0 Å². The second kappa shape index (κ2) is 19.0. The fraction of sp³-hybridized carbons (Fsp3) is 0.875. The summed E-state index contributed by atoms with van der Waals surface area (Å²) in [6.45, 7) is 6.17. The lowest BCUT2D eigenvalue weighted by atomic mass is 9.97. The van der Waals surface area contributed by atoms with Gasteiger partial charge in [-0.3, -0.25) is 0 Å². The molecule has 0 spiro atoms. The minimum absolute atomic E-state index is 0.581. The van der Waals surface area contributed by atoms with Crippen molar-refractivity contribution in [3.05, 3.63) is 11.1 Å². The summed E-state index contributed by atoms with van der Waals surface area (Å²) in [5, 5.41) is 9.15. The topological polar surface area (TPSA) is 37.3 Å². The number of rotatable bonds is 19. The number of hydrogen-bond acceptors (Lipinski definition) is 1. The summed E-state index contributed by atoms with van der Waals surface area (Å²) in [5.74, 6) is -0.741. The van der Waals surface area contributed by atoms with Crippen molar-refractivity contribution in [3.63, 3.8) is 0 Å². The van der Waals surface area contributed by atoms with Crippen LogP contribution in [-0.2, 0) is 4.79 Å². The van der Waals surface area contributed by atoms with Crippen LogP contribution in [-0.4, -0.2) is 11.1 Å². The zero-order valence-electron chi connectivity index (χ0n) is 18.1. The zero-order chi connectivity index (χ0) is 19.5. The molecule has 0 unspecified atom stereocenters. The quantitative estimate of drug-likeness (QED) is 0.184. The summed E-state index contributed by atoms with van der Waals surface area (Å²) >= 11 is 0. The number of carbonyl (C=O) groups is 1. The van der Waals surface area contributed by atoms with E-state index < -0.39 is 5.97 Å². The fourth-order valence-corrected chi connectivity index (χ4v) is 3.66. The molecule has 0 aromatic rings. The van der Waals surface area contributed by atoms with Crippen LogP contribution in [0.3, 0.4) is 0 Å². The molecule has 0 fully saturated rings. The Balaban J connectivity index is 3.43. The van der Waals surface area contributed by atoms with E-state index in [1.54, 1.807) is 6.92 Å². The highest BCUT2D eigenvalue weighted by atomic mass is 16.4. The summed E-state index contributed by atoms with van der Waals surface area (Å²) in [5.41, 5.74) is 1.74. The second-order valence-electron chi connectivity index (χ2n) is 7.98. The molecule has 0 rings (SSSR count). The molecule has 0 saturated heterocycles. The molecule has 0 aliphatic rings. The molecule has 0 aromatic heterocycles. The largest absolute Gasteiger partial charge is 0.478 e. The van der Waals surface area contributed by atoms with Gasteiger partial charge in [0, 0.05) is 5.57 Å². The Kier molecular flexibility index (Phi) is 18.4. The first-order valence-electron chi connectivity index (χ1n) is 11.5. The van der Waals surface area contributed by atoms with E-state index in [0.717, 1.165) is 31.3 Å². The Bertz CT molecular complexity index is 357. The first kappa shape index (κ1) is 25.2. The monoisotopic (exact) mass is 366 g/mol. The van der Waals surface area contributed by atoms with E-state index in [2.05, 4.69) is 13.8 Å². The predicted octanol–water partition coefficient (Wildman–Crippen LogP) is 8.45. The molecular weight excluding hydrogens is 320 g/mol. The van der Waals surface area contributed by atoms with Crippen molar-refractivity contribution in [1.29, 1.82) is 0 Å². The van der Waals surface area contributed by atoms with Gasteiger partial charge >= 0.3 is 5.97 Å². The van der Waals surface area contributed by atoms with Gasteiger partial charge in [0.2, 0.25) is 0 Å². The predicted molar refractivity (Wildman–Crippen MR) is 115 cm³/mol. The molecular formula is C24H46O2. The zero-order valence-corrected chi connectivity index (χ0v) is 18.1. The molecule has 1 N–H and O–H groups in total. The second-order valence-corrected chi connectivity index (χ2v) is 7.98. The van der Waals surface area contributed by atoms with Crippen LogP contribution >= 0.6 is 0 Å². The van der Waals surface area contributed by atoms with Crippen molar-refractivity contribution < 1.29 is 9.90 Å². The van der Waals surface area contributed by atoms with Gasteiger partial charge in [0.05, 0.1) is 0 Å². The standard InChI is InChI=1S/C24H46O2/c1-4-6-7-8-9-10-11-12-13-14-15-16-17-18-19-21-23(20-5-2)22(3)24(25)26/h4-21H2,1-3H3,(H,25,26)/b23-22-. The van der Waals surface area contributed by atoms with Gasteiger partial charge in [-0.1, -0.05) is 116 Å². The summed E-state index contributed by atoms with van der Waals surface area (Å²) in [6, 6.07) is 0. The average molecular weight is 367 g/mol. The molecule has 0 heterocycles. The summed E-state index contributed by atoms with van der Waals surface area (Å²) in [4.78, 5) is 11.1. The minimum atomic E-state index is -0.741. The van der Waals surface area contributed by atoms with Crippen molar-refractivity contribution in [1.82, 2.24) is 0 Å². The molecule has 0 radical (unpaired) electrons. The average Bonchev–Trinajstić information content (AvgIpc) is 2.63. The number of carboxylic acids is 1. The molecule has 0 amide bonds. The third-order valence-electron chi connectivity index (χ3n) is 5.49. The highest BCUT2D eigenvalue weighted by molar-refractivity contribution is 5.86. The number of aliphatic carboxylic acids is 1. The maximum Gasteiger partial charge on any atom is 0.331 e. The lowest BCUT2D eigenvalue weighted by Gasteiger charge is -2.09. The van der Waals surface area contributed by atoms with Gasteiger partial charge in [-0.15, -0.1) is 0 Å². The molecule has 2 heteroatoms. The fourth-order valence-electron chi connectivity index (χ4n) is 3.66. The van der Waals surface area contributed by atoms with Crippen LogP contribution in [0.4, 0.5) is 0 Å². The van der Waals surface area contributed by atoms with Gasteiger partial charge in [0.1, 0.15) is 0 Å². The summed E-state index contributed by atoms with van der Waals surface area (Å²) in [7, 11) is 0. The van der Waals surface area contributed by atoms with E-state index in [4.69, 9.17) is 5.11 Å². The van der Waals surface area contributed by atoms with Crippen LogP contribution in [0, 0.1) is 0 Å². The van der Waals surface area contributed by atoms with Gasteiger partial charge in [0.15, 0.2) is 0 Å². The summed E-state index contributed by atoms with van der Waals surface area (Å²) in [6.07, 6.45) is 23.6. The van der Waals surface area contributed by atoms with E-state index in [0.29, 0.717) is 5.57 Å². The van der Waals surface area contributed by atoms with Crippen molar-refractivity contribution in [2.24, 2.45) is 0 Å². The Morgan fingerprint density at radius 1 is 0.577 bits per heavy atom. The Labute approximate surface area is 163 Å². The van der Waals surface area contributed by atoms with Gasteiger partial charge < -0.3 is 5.11 Å². The van der Waals surface area contributed by atoms with Crippen LogP contribution in [0.25, 0.3) is 0 Å². The van der Waals surface area contributed by atoms with Gasteiger partial charge in [0.25, 0.3) is 0 Å². The normalized spacial score (nSPS) is 12.3. The molecule has 2 nitrogen and oxygen atoms in total. The highest BCUT2D eigenvalue weighted by Crippen LogP contribution is 2.20. The number of allylic oxidation sites excluding steroid dienone is 1. The minimum Gasteiger partial charge on any atom is -0.478 e. The Morgan fingerprint density at radius 3 is 1.31 bits per heavy atom. The van der Waals surface area contributed by atoms with E-state index in [-0.39, 0.29) is 0 Å². The van der Waals surface area contributed by atoms with E-state index in [1.165, 1.54) is 89.9 Å². The molecule has 0 bridgehead atoms. The van der Waals surface area contributed by atoms with Crippen molar-refractivity contribution in [3.8, 4) is 0 Å². The molecule has 0 aliphatic carbocycles. The van der Waals surface area contributed by atoms with Crippen LogP contribution in [0.5, 0.6) is 0 Å². The first-order chi connectivity index (χ1) is 12.6. The van der Waals surface area contributed by atoms with Crippen LogP contribution in [0.1, 0.15) is 136 Å².